The number of H-pyrrole nitrogens is 1. The monoisotopic (exact) mass is 192 g/mol. The molecule has 0 aliphatic heterocycles. The number of hydrogen-bond donors (Lipinski definition) is 1. The Bertz CT molecular complexity index is 401. The Morgan fingerprint density at radius 1 is 1.79 bits per heavy atom. The topological polar surface area (TPSA) is 82.9 Å². The van der Waals surface area contributed by atoms with E-state index in [0.717, 1.165) is 0 Å². The first-order valence-corrected chi connectivity index (χ1v) is 3.98. The molecule has 1 heterocycles. The first-order valence-electron chi connectivity index (χ1n) is 3.98. The molecule has 0 saturated carbocycles. The molecule has 0 atom stereocenters. The van der Waals surface area contributed by atoms with Crippen LogP contribution in [0.4, 0.5) is 0 Å². The number of nitrogens with one attached hydrogen (secondary N) is 1. The standard InChI is InChI=1S/C9H8N2O3/c1-2-14-9(13)7-3-6(4-10)11-8(7)5-12/h3,5,11H,2H2,1H3. The van der Waals surface area contributed by atoms with E-state index in [-0.39, 0.29) is 23.6 Å². The smallest absolute Gasteiger partial charge is 0.340 e. The zero-order valence-corrected chi connectivity index (χ0v) is 7.53. The highest BCUT2D eigenvalue weighted by molar-refractivity contribution is 5.97. The van der Waals surface area contributed by atoms with E-state index in [4.69, 9.17) is 10.00 Å². The third-order valence-electron chi connectivity index (χ3n) is 1.58. The number of rotatable bonds is 3. The van der Waals surface area contributed by atoms with Crippen LogP contribution in [0, 0.1) is 11.3 Å². The molecular weight excluding hydrogens is 184 g/mol. The molecule has 0 bridgehead atoms. The fourth-order valence-corrected chi connectivity index (χ4v) is 1.00. The number of ether oxygens (including phenoxy) is 1. The number of aromatic amines is 1. The van der Waals surface area contributed by atoms with Crippen LogP contribution >= 0.6 is 0 Å². The first kappa shape index (κ1) is 9.99. The van der Waals surface area contributed by atoms with Crippen molar-refractivity contribution < 1.29 is 14.3 Å². The summed E-state index contributed by atoms with van der Waals surface area (Å²) in [6.07, 6.45) is 0.479. The molecular formula is C9H8N2O3. The molecule has 0 aliphatic rings. The fraction of sp³-hybridized carbons (Fsp3) is 0.222. The van der Waals surface area contributed by atoms with Crippen molar-refractivity contribution in [1.29, 1.82) is 5.26 Å². The maximum Gasteiger partial charge on any atom is 0.340 e. The maximum atomic E-state index is 11.2. The van der Waals surface area contributed by atoms with E-state index in [1.54, 1.807) is 13.0 Å². The molecule has 1 aromatic rings. The Morgan fingerprint density at radius 2 is 2.50 bits per heavy atom. The maximum absolute atomic E-state index is 11.2. The third-order valence-corrected chi connectivity index (χ3v) is 1.58. The molecule has 0 unspecified atom stereocenters. The van der Waals surface area contributed by atoms with Gasteiger partial charge in [-0.05, 0) is 13.0 Å². The Morgan fingerprint density at radius 3 is 3.00 bits per heavy atom. The predicted octanol–water partition coefficient (Wildman–Crippen LogP) is 0.876. The molecule has 1 rings (SSSR count). The lowest BCUT2D eigenvalue weighted by Crippen LogP contribution is -2.05. The van der Waals surface area contributed by atoms with E-state index in [9.17, 15) is 9.59 Å². The van der Waals surface area contributed by atoms with Gasteiger partial charge in [0.15, 0.2) is 6.29 Å². The molecule has 1 aromatic heterocycles. The highest BCUT2D eigenvalue weighted by atomic mass is 16.5. The molecule has 0 radical (unpaired) electrons. The minimum absolute atomic E-state index is 0.0694. The number of nitriles is 1. The summed E-state index contributed by atoms with van der Waals surface area (Å²) in [6, 6.07) is 3.09. The van der Waals surface area contributed by atoms with Gasteiger partial charge in [-0.1, -0.05) is 0 Å². The van der Waals surface area contributed by atoms with Gasteiger partial charge in [0.1, 0.15) is 11.8 Å². The van der Waals surface area contributed by atoms with Crippen LogP contribution in [0.5, 0.6) is 0 Å². The van der Waals surface area contributed by atoms with E-state index in [1.807, 2.05) is 0 Å². The number of nitrogens with zero attached hydrogens (tertiary/aromatic N) is 1. The molecule has 1 N–H and O–H groups in total. The van der Waals surface area contributed by atoms with E-state index in [0.29, 0.717) is 6.29 Å². The second-order valence-electron chi connectivity index (χ2n) is 2.46. The molecule has 0 aromatic carbocycles. The SMILES string of the molecule is CCOC(=O)c1cc(C#N)[nH]c1C=O. The predicted molar refractivity (Wildman–Crippen MR) is 46.9 cm³/mol. The zero-order valence-electron chi connectivity index (χ0n) is 7.53. The average Bonchev–Trinajstić information content (AvgIpc) is 2.61. The molecule has 5 heteroatoms. The van der Waals surface area contributed by atoms with Gasteiger partial charge in [-0.2, -0.15) is 5.26 Å². The van der Waals surface area contributed by atoms with Crippen molar-refractivity contribution in [2.75, 3.05) is 6.61 Å². The highest BCUT2D eigenvalue weighted by Gasteiger charge is 2.15. The van der Waals surface area contributed by atoms with Gasteiger partial charge in [0, 0.05) is 0 Å². The van der Waals surface area contributed by atoms with E-state index < -0.39 is 5.97 Å². The second kappa shape index (κ2) is 4.23. The summed E-state index contributed by atoms with van der Waals surface area (Å²) < 4.78 is 4.70. The van der Waals surface area contributed by atoms with Crippen LogP contribution in [0.15, 0.2) is 6.07 Å². The van der Waals surface area contributed by atoms with Crippen molar-refractivity contribution >= 4 is 12.3 Å². The van der Waals surface area contributed by atoms with Gasteiger partial charge in [0.25, 0.3) is 0 Å². The normalized spacial score (nSPS) is 9.14. The molecule has 72 valence electrons. The van der Waals surface area contributed by atoms with E-state index in [1.165, 1.54) is 6.07 Å². The van der Waals surface area contributed by atoms with Crippen molar-refractivity contribution in [3.8, 4) is 6.07 Å². The summed E-state index contributed by atoms with van der Waals surface area (Å²) in [4.78, 5) is 24.3. The highest BCUT2D eigenvalue weighted by Crippen LogP contribution is 2.10. The Balaban J connectivity index is 3.07. The Hall–Kier alpha value is -2.09. The fourth-order valence-electron chi connectivity index (χ4n) is 1.00. The molecule has 0 amide bonds. The summed E-state index contributed by atoms with van der Waals surface area (Å²) >= 11 is 0. The van der Waals surface area contributed by atoms with E-state index in [2.05, 4.69) is 4.98 Å². The van der Waals surface area contributed by atoms with Gasteiger partial charge in [0.05, 0.1) is 17.9 Å². The number of esters is 1. The van der Waals surface area contributed by atoms with Crippen molar-refractivity contribution in [2.45, 2.75) is 6.92 Å². The summed E-state index contributed by atoms with van der Waals surface area (Å²) in [7, 11) is 0. The number of carbonyl (C=O) groups is 2. The minimum atomic E-state index is -0.604. The number of hydrogen-bond acceptors (Lipinski definition) is 4. The molecule has 0 aliphatic carbocycles. The molecule has 0 spiro atoms. The van der Waals surface area contributed by atoms with Crippen LogP contribution in [0.1, 0.15) is 33.5 Å². The number of aromatic nitrogens is 1. The third kappa shape index (κ3) is 1.80. The summed E-state index contributed by atoms with van der Waals surface area (Å²) in [5.74, 6) is -0.604. The van der Waals surface area contributed by atoms with Crippen LogP contribution < -0.4 is 0 Å². The van der Waals surface area contributed by atoms with Crippen molar-refractivity contribution in [2.24, 2.45) is 0 Å². The molecule has 0 saturated heterocycles. The van der Waals surface area contributed by atoms with Crippen LogP contribution in [0.25, 0.3) is 0 Å². The lowest BCUT2D eigenvalue weighted by Gasteiger charge is -1.98. The number of carbonyl (C=O) groups excluding carboxylic acids is 2. The summed E-state index contributed by atoms with van der Waals surface area (Å²) in [5.41, 5.74) is 0.327. The number of aldehydes is 1. The van der Waals surface area contributed by atoms with Gasteiger partial charge < -0.3 is 9.72 Å². The van der Waals surface area contributed by atoms with Gasteiger partial charge in [-0.3, -0.25) is 4.79 Å². The molecule has 5 nitrogen and oxygen atoms in total. The van der Waals surface area contributed by atoms with Gasteiger partial charge in [-0.25, -0.2) is 4.79 Å². The van der Waals surface area contributed by atoms with Crippen LogP contribution in [0.2, 0.25) is 0 Å². The van der Waals surface area contributed by atoms with Gasteiger partial charge >= 0.3 is 5.97 Å². The van der Waals surface area contributed by atoms with Crippen molar-refractivity contribution in [3.05, 3.63) is 23.0 Å². The van der Waals surface area contributed by atoms with Gasteiger partial charge in [-0.15, -0.1) is 0 Å². The lowest BCUT2D eigenvalue weighted by atomic mass is 10.2. The first-order chi connectivity index (χ1) is 6.72. The minimum Gasteiger partial charge on any atom is -0.462 e. The molecule has 0 fully saturated rings. The summed E-state index contributed by atoms with van der Waals surface area (Å²) in [6.45, 7) is 1.89. The Labute approximate surface area is 80.3 Å². The van der Waals surface area contributed by atoms with E-state index >= 15 is 0 Å². The lowest BCUT2D eigenvalue weighted by molar-refractivity contribution is 0.0524. The van der Waals surface area contributed by atoms with Gasteiger partial charge in [0.2, 0.25) is 0 Å². The average molecular weight is 192 g/mol. The second-order valence-corrected chi connectivity index (χ2v) is 2.46. The largest absolute Gasteiger partial charge is 0.462 e. The quantitative estimate of drug-likeness (QED) is 0.569. The van der Waals surface area contributed by atoms with Crippen molar-refractivity contribution in [1.82, 2.24) is 4.98 Å². The zero-order chi connectivity index (χ0) is 10.6. The van der Waals surface area contributed by atoms with Crippen LogP contribution in [-0.4, -0.2) is 23.8 Å². The molecule has 14 heavy (non-hydrogen) atoms. The Kier molecular flexibility index (Phi) is 3.02. The van der Waals surface area contributed by atoms with Crippen molar-refractivity contribution in [3.63, 3.8) is 0 Å². The summed E-state index contributed by atoms with van der Waals surface area (Å²) in [5, 5.41) is 8.53. The van der Waals surface area contributed by atoms with Crippen LogP contribution in [0.3, 0.4) is 0 Å². The van der Waals surface area contributed by atoms with Crippen LogP contribution in [-0.2, 0) is 4.74 Å².